The highest BCUT2D eigenvalue weighted by Crippen LogP contribution is 2.38. The summed E-state index contributed by atoms with van der Waals surface area (Å²) in [5.74, 6) is -2.03. The molecule has 224 valence electrons. The Morgan fingerprint density at radius 3 is 1.76 bits per heavy atom. The minimum Gasteiger partial charge on any atom is -0.459 e. The Bertz CT molecular complexity index is 1080. The Kier molecular flexibility index (Phi) is 16.1. The molecule has 3 aromatic carbocycles. The van der Waals surface area contributed by atoms with Crippen LogP contribution in [0, 0.1) is 17.7 Å². The summed E-state index contributed by atoms with van der Waals surface area (Å²) >= 11 is 0. The highest BCUT2D eigenvalue weighted by molar-refractivity contribution is 6.28. The number of hydrogen-bond donors (Lipinski definition) is 0. The van der Waals surface area contributed by atoms with Gasteiger partial charge in [0.1, 0.15) is 11.8 Å². The maximum Gasteiger partial charge on any atom is 0.778 e. The van der Waals surface area contributed by atoms with Crippen LogP contribution in [0.2, 0.25) is 0 Å². The molecule has 0 heterocycles. The molecule has 0 radical (unpaired) electrons. The van der Waals surface area contributed by atoms with Gasteiger partial charge in [-0.1, -0.05) is 71.6 Å². The zero-order chi connectivity index (χ0) is 29.9. The summed E-state index contributed by atoms with van der Waals surface area (Å²) in [5, 5.41) is 0. The van der Waals surface area contributed by atoms with Gasteiger partial charge in [-0.05, 0) is 43.5 Å². The lowest BCUT2D eigenvalue weighted by atomic mass is 9.94. The molecule has 0 aliphatic carbocycles. The third-order valence-electron chi connectivity index (χ3n) is 7.27. The first-order valence-corrected chi connectivity index (χ1v) is 16.3. The Hall–Kier alpha value is -2.90. The topological polar surface area (TPSA) is 35.5 Å². The molecular weight excluding hydrogens is 536 g/mol. The molecular formula is C34H47F2NO3Si. The largest absolute Gasteiger partial charge is 0.778 e. The van der Waals surface area contributed by atoms with Gasteiger partial charge in [0.25, 0.3) is 0 Å². The Balaban J connectivity index is 0.000000864. The fraction of sp³-hybridized carbons (Fsp3) is 0.471. The summed E-state index contributed by atoms with van der Waals surface area (Å²) < 4.78 is 54.4. The molecule has 0 bridgehead atoms. The van der Waals surface area contributed by atoms with Crippen molar-refractivity contribution in [3.63, 3.8) is 0 Å². The highest BCUT2D eigenvalue weighted by Gasteiger charge is 2.39. The first-order chi connectivity index (χ1) is 19.9. The molecule has 3 rings (SSSR count). The quantitative estimate of drug-likeness (QED) is 0.0902. The highest BCUT2D eigenvalue weighted by atomic mass is 28.3. The lowest BCUT2D eigenvalue weighted by molar-refractivity contribution is -0.958. The second kappa shape index (κ2) is 19.3. The summed E-state index contributed by atoms with van der Waals surface area (Å²) in [6, 6.07) is 23.9. The van der Waals surface area contributed by atoms with E-state index in [2.05, 4.69) is 33.8 Å². The number of halogens is 2. The van der Waals surface area contributed by atoms with Gasteiger partial charge in [0, 0.05) is 12.0 Å². The predicted molar refractivity (Wildman–Crippen MR) is 163 cm³/mol. The third-order valence-corrected chi connectivity index (χ3v) is 8.06. The maximum atomic E-state index is 15.6. The molecule has 0 amide bonds. The molecule has 0 saturated carbocycles. The van der Waals surface area contributed by atoms with Crippen molar-refractivity contribution in [3.05, 3.63) is 96.1 Å². The molecule has 7 heteroatoms. The minimum atomic E-state index is -3.10. The van der Waals surface area contributed by atoms with Gasteiger partial charge in [0.15, 0.2) is 17.4 Å². The van der Waals surface area contributed by atoms with Crippen LogP contribution in [0.1, 0.15) is 90.7 Å². The van der Waals surface area contributed by atoms with Crippen molar-refractivity contribution in [1.29, 1.82) is 0 Å². The molecule has 0 saturated heterocycles. The van der Waals surface area contributed by atoms with Crippen LogP contribution in [0.15, 0.2) is 72.8 Å². The average Bonchev–Trinajstić information content (AvgIpc) is 3.00. The molecule has 0 N–H and O–H groups in total. The molecule has 1 unspecified atom stereocenters. The van der Waals surface area contributed by atoms with Gasteiger partial charge in [-0.2, -0.15) is 40.8 Å². The van der Waals surface area contributed by atoms with Gasteiger partial charge in [0.2, 0.25) is 0 Å². The number of benzene rings is 3. The maximum absolute atomic E-state index is 15.6. The van der Waals surface area contributed by atoms with Gasteiger partial charge in [0.05, 0.1) is 19.6 Å². The van der Waals surface area contributed by atoms with E-state index in [0.717, 1.165) is 75.5 Å². The van der Waals surface area contributed by atoms with E-state index in [1.807, 2.05) is 30.3 Å². The van der Waals surface area contributed by atoms with E-state index in [4.69, 9.17) is 8.85 Å². The second-order valence-electron chi connectivity index (χ2n) is 10.4. The summed E-state index contributed by atoms with van der Waals surface area (Å²) in [6.45, 7) is 11.5. The number of hydrogen-bond acceptors (Lipinski definition) is 3. The van der Waals surface area contributed by atoms with Gasteiger partial charge in [-0.3, -0.25) is 4.46 Å². The van der Waals surface area contributed by atoms with E-state index >= 15 is 8.78 Å². The Morgan fingerprint density at radius 2 is 1.29 bits per heavy atom. The van der Waals surface area contributed by atoms with E-state index < -0.39 is 20.8 Å². The van der Waals surface area contributed by atoms with Crippen LogP contribution in [0.3, 0.4) is 0 Å². The van der Waals surface area contributed by atoms with Gasteiger partial charge < -0.3 is 13.3 Å². The van der Waals surface area contributed by atoms with Crippen LogP contribution in [0.25, 0.3) is 0 Å². The van der Waals surface area contributed by atoms with Gasteiger partial charge in [-0.25, -0.2) is 4.39 Å². The smallest absolute Gasteiger partial charge is 0.459 e. The number of unbranched alkanes of at least 4 members (excludes halogenated alkanes) is 3. The molecule has 0 aliphatic heterocycles. The van der Waals surface area contributed by atoms with Crippen LogP contribution < -0.4 is 8.85 Å². The van der Waals surface area contributed by atoms with Crippen LogP contribution in [-0.2, 0) is 4.46 Å². The third kappa shape index (κ3) is 11.1. The molecule has 4 nitrogen and oxygen atoms in total. The summed E-state index contributed by atoms with van der Waals surface area (Å²) in [7, 11) is -3.10. The molecule has 0 aliphatic rings. The monoisotopic (exact) mass is 583 g/mol. The van der Waals surface area contributed by atoms with Gasteiger partial charge in [-0.15, -0.1) is 0 Å². The van der Waals surface area contributed by atoms with E-state index in [9.17, 15) is 4.46 Å². The number of rotatable bonds is 17. The predicted octanol–water partition coefficient (Wildman–Crippen LogP) is 9.38. The van der Waals surface area contributed by atoms with Crippen molar-refractivity contribution < 1.29 is 26.6 Å². The zero-order valence-electron chi connectivity index (χ0n) is 25.2. The van der Waals surface area contributed by atoms with Crippen LogP contribution >= 0.6 is 0 Å². The number of quaternary nitrogens is 1. The summed E-state index contributed by atoms with van der Waals surface area (Å²) in [5.41, 5.74) is 0.392. The summed E-state index contributed by atoms with van der Waals surface area (Å²) in [4.78, 5) is 0. The molecule has 1 atom stereocenters. The van der Waals surface area contributed by atoms with Crippen LogP contribution in [0.5, 0.6) is 11.5 Å². The zero-order valence-corrected chi connectivity index (χ0v) is 26.2. The normalized spacial score (nSPS) is 11.8. The lowest BCUT2D eigenvalue weighted by Crippen LogP contribution is -2.53. The van der Waals surface area contributed by atoms with Crippen molar-refractivity contribution >= 4 is 9.17 Å². The fourth-order valence-electron chi connectivity index (χ4n) is 5.14. The van der Waals surface area contributed by atoms with Gasteiger partial charge >= 0.3 is 9.17 Å². The molecule has 0 aromatic heterocycles. The molecule has 0 fully saturated rings. The fourth-order valence-corrected chi connectivity index (χ4v) is 5.85. The number of nitrogens with zero attached hydrogens (tertiary/aromatic N) is 1. The van der Waals surface area contributed by atoms with Crippen molar-refractivity contribution in [2.75, 3.05) is 19.6 Å². The molecule has 0 spiro atoms. The van der Waals surface area contributed by atoms with E-state index in [0.29, 0.717) is 11.3 Å². The molecule has 41 heavy (non-hydrogen) atoms. The first kappa shape index (κ1) is 34.3. The van der Waals surface area contributed by atoms with Crippen LogP contribution in [-0.4, -0.2) is 33.3 Å². The average molecular weight is 584 g/mol. The summed E-state index contributed by atoms with van der Waals surface area (Å²) in [6.07, 6.45) is 8.02. The van der Waals surface area contributed by atoms with Crippen LogP contribution in [0.4, 0.5) is 8.78 Å². The SMILES string of the molecule is CCCC[N+](CCCC)(CCCC)C(CCC)c1ccc(O[Si](=O)Oc2ccccc2)c(F)c1F.[c-]1ccccc1. The van der Waals surface area contributed by atoms with Crippen molar-refractivity contribution in [2.45, 2.75) is 85.1 Å². The first-order valence-electron chi connectivity index (χ1n) is 15.1. The second-order valence-corrected chi connectivity index (χ2v) is 11.3. The Labute approximate surface area is 247 Å². The van der Waals surface area contributed by atoms with Crippen molar-refractivity contribution in [2.24, 2.45) is 0 Å². The molecule has 3 aromatic rings. The lowest BCUT2D eigenvalue weighted by Gasteiger charge is -2.46. The van der Waals surface area contributed by atoms with E-state index in [1.165, 1.54) is 6.07 Å². The Morgan fingerprint density at radius 1 is 0.732 bits per heavy atom. The standard InChI is InChI=1S/C28H42F2NO3Si.C6H5/c1-5-9-20-31(21-10-6-2,22-11-7-3)25(15-8-4)24-18-19-26(28(30)27(24)29)34-35(32)33-23-16-13-12-14-17-23;1-2-4-6-5-3-1/h12-14,16-19,25H,5-11,15,20-22H2,1-4H3;1-5H/q+1;-1. The van der Waals surface area contributed by atoms with E-state index in [1.54, 1.807) is 36.4 Å². The minimum absolute atomic E-state index is 0.134. The van der Waals surface area contributed by atoms with E-state index in [-0.39, 0.29) is 11.8 Å². The number of para-hydroxylation sites is 1. The van der Waals surface area contributed by atoms with Crippen molar-refractivity contribution in [1.82, 2.24) is 0 Å². The van der Waals surface area contributed by atoms with Crippen molar-refractivity contribution in [3.8, 4) is 11.5 Å².